The Kier molecular flexibility index (Phi) is 2.81. The smallest absolute Gasteiger partial charge is 0.320 e. The van der Waals surface area contributed by atoms with Gasteiger partial charge in [-0.3, -0.25) is 9.59 Å². The normalized spacial score (nSPS) is 26.8. The van der Waals surface area contributed by atoms with E-state index in [1.54, 1.807) is 0 Å². The highest BCUT2D eigenvalue weighted by Crippen LogP contribution is 2.23. The molecule has 0 bridgehead atoms. The minimum absolute atomic E-state index is 0.142. The number of carboxylic acids is 1. The molecule has 1 aliphatic rings. The molecule has 0 saturated heterocycles. The van der Waals surface area contributed by atoms with Gasteiger partial charge in [0.1, 0.15) is 11.8 Å². The van der Waals surface area contributed by atoms with Crippen LogP contribution < -0.4 is 5.73 Å². The summed E-state index contributed by atoms with van der Waals surface area (Å²) < 4.78 is 0. The highest BCUT2D eigenvalue weighted by atomic mass is 16.4. The van der Waals surface area contributed by atoms with Crippen LogP contribution in [0.4, 0.5) is 0 Å². The number of carboxylic acid groups (broad SMARTS) is 1. The van der Waals surface area contributed by atoms with Crippen LogP contribution in [0.5, 0.6) is 0 Å². The third-order valence-corrected chi connectivity index (χ3v) is 2.31. The number of carbonyl (C=O) groups is 2. The van der Waals surface area contributed by atoms with Gasteiger partial charge in [0.15, 0.2) is 0 Å². The molecule has 0 spiro atoms. The van der Waals surface area contributed by atoms with Gasteiger partial charge >= 0.3 is 5.97 Å². The summed E-state index contributed by atoms with van der Waals surface area (Å²) in [7, 11) is 0. The summed E-state index contributed by atoms with van der Waals surface area (Å²) in [6, 6.07) is -0.866. The SMILES string of the molecule is N[C@H](C(=O)O)[C@H]1CCCC(=O)C1. The lowest BCUT2D eigenvalue weighted by Crippen LogP contribution is -2.40. The van der Waals surface area contributed by atoms with Crippen molar-refractivity contribution in [2.45, 2.75) is 31.7 Å². The third-order valence-electron chi connectivity index (χ3n) is 2.31. The summed E-state index contributed by atoms with van der Waals surface area (Å²) >= 11 is 0. The summed E-state index contributed by atoms with van der Waals surface area (Å²) in [6.45, 7) is 0. The Morgan fingerprint density at radius 1 is 1.67 bits per heavy atom. The third kappa shape index (κ3) is 2.04. The van der Waals surface area contributed by atoms with Crippen molar-refractivity contribution in [3.05, 3.63) is 0 Å². The maximum absolute atomic E-state index is 11.0. The average Bonchev–Trinajstić information content (AvgIpc) is 2.03. The van der Waals surface area contributed by atoms with Gasteiger partial charge in [-0.05, 0) is 18.8 Å². The molecule has 3 N–H and O–H groups in total. The molecule has 68 valence electrons. The van der Waals surface area contributed by atoms with Crippen molar-refractivity contribution in [2.24, 2.45) is 11.7 Å². The molecule has 4 nitrogen and oxygen atoms in total. The molecular formula is C8H13NO3. The molecule has 4 heteroatoms. The predicted octanol–water partition coefficient (Wildman–Crippen LogP) is 0.158. The van der Waals surface area contributed by atoms with Crippen molar-refractivity contribution in [1.29, 1.82) is 0 Å². The number of carbonyl (C=O) groups excluding carboxylic acids is 1. The molecular weight excluding hydrogens is 158 g/mol. The Balaban J connectivity index is 2.51. The van der Waals surface area contributed by atoms with E-state index >= 15 is 0 Å². The van der Waals surface area contributed by atoms with E-state index in [1.165, 1.54) is 0 Å². The van der Waals surface area contributed by atoms with E-state index in [1.807, 2.05) is 0 Å². The fourth-order valence-corrected chi connectivity index (χ4v) is 1.57. The molecule has 12 heavy (non-hydrogen) atoms. The lowest BCUT2D eigenvalue weighted by atomic mass is 9.83. The number of rotatable bonds is 2. The zero-order chi connectivity index (χ0) is 9.14. The quantitative estimate of drug-likeness (QED) is 0.620. The molecule has 0 aromatic carbocycles. The number of ketones is 1. The lowest BCUT2D eigenvalue weighted by molar-refractivity contribution is -0.140. The second-order valence-electron chi connectivity index (χ2n) is 3.26. The van der Waals surface area contributed by atoms with Gasteiger partial charge in [-0.1, -0.05) is 0 Å². The van der Waals surface area contributed by atoms with Gasteiger partial charge in [-0.15, -0.1) is 0 Å². The topological polar surface area (TPSA) is 80.4 Å². The molecule has 0 aromatic rings. The molecule has 0 heterocycles. The Bertz CT molecular complexity index is 200. The van der Waals surface area contributed by atoms with Gasteiger partial charge in [0.2, 0.25) is 0 Å². The fourth-order valence-electron chi connectivity index (χ4n) is 1.57. The van der Waals surface area contributed by atoms with Crippen molar-refractivity contribution in [1.82, 2.24) is 0 Å². The second kappa shape index (κ2) is 3.67. The molecule has 0 unspecified atom stereocenters. The summed E-state index contributed by atoms with van der Waals surface area (Å²) in [6.07, 6.45) is 2.47. The van der Waals surface area contributed by atoms with Crippen molar-refractivity contribution >= 4 is 11.8 Å². The minimum Gasteiger partial charge on any atom is -0.480 e. The van der Waals surface area contributed by atoms with Gasteiger partial charge < -0.3 is 10.8 Å². The first-order valence-corrected chi connectivity index (χ1v) is 4.11. The van der Waals surface area contributed by atoms with Gasteiger partial charge in [-0.2, -0.15) is 0 Å². The zero-order valence-electron chi connectivity index (χ0n) is 6.82. The van der Waals surface area contributed by atoms with Gasteiger partial charge in [-0.25, -0.2) is 0 Å². The van der Waals surface area contributed by atoms with E-state index < -0.39 is 12.0 Å². The molecule has 0 amide bonds. The number of hydrogen-bond acceptors (Lipinski definition) is 3. The Morgan fingerprint density at radius 3 is 2.83 bits per heavy atom. The molecule has 0 aliphatic heterocycles. The van der Waals surface area contributed by atoms with Crippen molar-refractivity contribution in [2.75, 3.05) is 0 Å². The summed E-state index contributed by atoms with van der Waals surface area (Å²) in [5.41, 5.74) is 5.40. The average molecular weight is 171 g/mol. The van der Waals surface area contributed by atoms with Crippen LogP contribution >= 0.6 is 0 Å². The number of Topliss-reactive ketones (excluding diaryl/α,β-unsaturated/α-hetero) is 1. The predicted molar refractivity (Wildman–Crippen MR) is 42.6 cm³/mol. The van der Waals surface area contributed by atoms with E-state index in [-0.39, 0.29) is 11.7 Å². The van der Waals surface area contributed by atoms with Crippen molar-refractivity contribution < 1.29 is 14.7 Å². The van der Waals surface area contributed by atoms with E-state index in [0.717, 1.165) is 12.8 Å². The lowest BCUT2D eigenvalue weighted by Gasteiger charge is -2.23. The first kappa shape index (κ1) is 9.19. The van der Waals surface area contributed by atoms with E-state index in [2.05, 4.69) is 0 Å². The number of nitrogens with two attached hydrogens (primary N) is 1. The van der Waals surface area contributed by atoms with Crippen LogP contribution in [0.15, 0.2) is 0 Å². The Morgan fingerprint density at radius 2 is 2.33 bits per heavy atom. The maximum Gasteiger partial charge on any atom is 0.320 e. The fraction of sp³-hybridized carbons (Fsp3) is 0.750. The monoisotopic (exact) mass is 171 g/mol. The number of aliphatic carboxylic acids is 1. The van der Waals surface area contributed by atoms with E-state index in [0.29, 0.717) is 12.8 Å². The zero-order valence-corrected chi connectivity index (χ0v) is 6.82. The van der Waals surface area contributed by atoms with Crippen LogP contribution in [0.2, 0.25) is 0 Å². The van der Waals surface area contributed by atoms with Crippen LogP contribution in [0.1, 0.15) is 25.7 Å². The minimum atomic E-state index is -1.00. The molecule has 0 aromatic heterocycles. The second-order valence-corrected chi connectivity index (χ2v) is 3.26. The Hall–Kier alpha value is -0.900. The standard InChI is InChI=1S/C8H13NO3/c9-7(8(11)12)5-2-1-3-6(10)4-5/h5,7H,1-4,9H2,(H,11,12)/t5-,7-/m0/s1. The van der Waals surface area contributed by atoms with Crippen LogP contribution in [0.25, 0.3) is 0 Å². The van der Waals surface area contributed by atoms with Crippen LogP contribution in [-0.4, -0.2) is 22.9 Å². The molecule has 1 fully saturated rings. The highest BCUT2D eigenvalue weighted by molar-refractivity contribution is 5.81. The van der Waals surface area contributed by atoms with Crippen LogP contribution in [0, 0.1) is 5.92 Å². The molecule has 0 radical (unpaired) electrons. The van der Waals surface area contributed by atoms with Crippen LogP contribution in [0.3, 0.4) is 0 Å². The highest BCUT2D eigenvalue weighted by Gasteiger charge is 2.28. The van der Waals surface area contributed by atoms with E-state index in [4.69, 9.17) is 10.8 Å². The summed E-state index contributed by atoms with van der Waals surface area (Å²) in [5.74, 6) is -1.01. The molecule has 1 saturated carbocycles. The summed E-state index contributed by atoms with van der Waals surface area (Å²) in [4.78, 5) is 21.4. The molecule has 1 aliphatic carbocycles. The summed E-state index contributed by atoms with van der Waals surface area (Å²) in [5, 5.41) is 8.58. The van der Waals surface area contributed by atoms with Crippen molar-refractivity contribution in [3.8, 4) is 0 Å². The first-order valence-electron chi connectivity index (χ1n) is 4.11. The van der Waals surface area contributed by atoms with E-state index in [9.17, 15) is 9.59 Å². The van der Waals surface area contributed by atoms with Gasteiger partial charge in [0.25, 0.3) is 0 Å². The molecule has 1 rings (SSSR count). The molecule has 2 atom stereocenters. The van der Waals surface area contributed by atoms with Gasteiger partial charge in [0.05, 0.1) is 0 Å². The van der Waals surface area contributed by atoms with Crippen molar-refractivity contribution in [3.63, 3.8) is 0 Å². The first-order chi connectivity index (χ1) is 5.61. The largest absolute Gasteiger partial charge is 0.480 e. The number of hydrogen-bond donors (Lipinski definition) is 2. The maximum atomic E-state index is 11.0. The van der Waals surface area contributed by atoms with Crippen LogP contribution in [-0.2, 0) is 9.59 Å². The van der Waals surface area contributed by atoms with Gasteiger partial charge in [0, 0.05) is 12.8 Å². The Labute approximate surface area is 70.7 Å².